The fraction of sp³-hybridized carbons (Fsp3) is 0.867. The Kier molecular flexibility index (Phi) is 7.32. The largest absolute Gasteiger partial charge is 0.378 e. The summed E-state index contributed by atoms with van der Waals surface area (Å²) in [5.41, 5.74) is 5.02. The summed E-state index contributed by atoms with van der Waals surface area (Å²) in [5, 5.41) is 2.59. The Bertz CT molecular complexity index is 417. The van der Waals surface area contributed by atoms with Crippen molar-refractivity contribution in [3.63, 3.8) is 0 Å². The predicted molar refractivity (Wildman–Crippen MR) is 88.8 cm³/mol. The Labute approximate surface area is 139 Å². The Hall–Kier alpha value is -0.850. The molecule has 130 valence electrons. The highest BCUT2D eigenvalue weighted by Gasteiger charge is 2.63. The minimum atomic E-state index is -0.927. The average Bonchev–Trinajstić information content (AvgIpc) is 2.44. The van der Waals surface area contributed by atoms with Gasteiger partial charge in [0.15, 0.2) is 0 Å². The van der Waals surface area contributed by atoms with Crippen molar-refractivity contribution in [2.75, 3.05) is 27.2 Å². The van der Waals surface area contributed by atoms with Crippen LogP contribution in [-0.4, -0.2) is 55.6 Å². The van der Waals surface area contributed by atoms with Gasteiger partial charge in [0.1, 0.15) is 5.54 Å². The number of nitrogens with zero attached hydrogens (tertiary/aromatic N) is 1. The fourth-order valence-electron chi connectivity index (χ4n) is 2.96. The maximum Gasteiger partial charge on any atom is 0.243 e. The second-order valence-corrected chi connectivity index (χ2v) is 6.54. The van der Waals surface area contributed by atoms with E-state index in [0.717, 1.165) is 0 Å². The van der Waals surface area contributed by atoms with Crippen LogP contribution in [0.3, 0.4) is 0 Å². The Morgan fingerprint density at radius 3 is 2.41 bits per heavy atom. The third kappa shape index (κ3) is 3.55. The quantitative estimate of drug-likeness (QED) is 0.751. The summed E-state index contributed by atoms with van der Waals surface area (Å²) in [6.45, 7) is 8.62. The predicted octanol–water partition coefficient (Wildman–Crippen LogP) is 0.781. The molecule has 1 rings (SSSR count). The highest BCUT2D eigenvalue weighted by molar-refractivity contribution is 5.89. The van der Waals surface area contributed by atoms with Crippen molar-refractivity contribution in [1.29, 1.82) is 0 Å². The molecule has 0 aromatic heterocycles. The molecule has 6 nitrogen and oxygen atoms in total. The molecule has 0 aromatic carbocycles. The first-order valence-electron chi connectivity index (χ1n) is 7.49. The Balaban J connectivity index is 0.00000441. The Morgan fingerprint density at radius 1 is 1.45 bits per heavy atom. The number of carbonyl (C=O) groups is 2. The van der Waals surface area contributed by atoms with E-state index >= 15 is 0 Å². The van der Waals surface area contributed by atoms with Crippen LogP contribution in [0.25, 0.3) is 0 Å². The molecular formula is C15H30ClN3O3. The van der Waals surface area contributed by atoms with Crippen LogP contribution in [0.5, 0.6) is 0 Å². The van der Waals surface area contributed by atoms with Gasteiger partial charge in [0, 0.05) is 39.1 Å². The normalized spacial score (nSPS) is 27.1. The van der Waals surface area contributed by atoms with Crippen molar-refractivity contribution in [2.45, 2.75) is 45.8 Å². The molecule has 0 aliphatic heterocycles. The molecule has 0 saturated heterocycles. The van der Waals surface area contributed by atoms with Gasteiger partial charge in [-0.3, -0.25) is 9.59 Å². The highest BCUT2D eigenvalue weighted by atomic mass is 35.5. The molecule has 0 spiro atoms. The van der Waals surface area contributed by atoms with Crippen LogP contribution in [0.2, 0.25) is 0 Å². The first-order chi connectivity index (χ1) is 9.61. The summed E-state index contributed by atoms with van der Waals surface area (Å²) >= 11 is 0. The number of hydrogen-bond donors (Lipinski definition) is 2. The second-order valence-electron chi connectivity index (χ2n) is 6.54. The third-order valence-electron chi connectivity index (χ3n) is 4.80. The van der Waals surface area contributed by atoms with Crippen LogP contribution in [0.1, 0.15) is 34.1 Å². The average molecular weight is 336 g/mol. The van der Waals surface area contributed by atoms with Gasteiger partial charge in [0.2, 0.25) is 11.8 Å². The maximum atomic E-state index is 12.7. The van der Waals surface area contributed by atoms with Crippen molar-refractivity contribution >= 4 is 24.2 Å². The number of amides is 2. The molecule has 22 heavy (non-hydrogen) atoms. The monoisotopic (exact) mass is 335 g/mol. The Morgan fingerprint density at radius 2 is 2.00 bits per heavy atom. The first kappa shape index (κ1) is 21.1. The standard InChI is InChI=1S/C15H29N3O3.ClH/c1-7-21-11-8-15(16,14(11,3)4)13(20)18(6)9-10(2)12(19)17-5;/h10-11H,7-9,16H2,1-6H3,(H,17,19);1H. The van der Waals surface area contributed by atoms with Crippen LogP contribution in [-0.2, 0) is 14.3 Å². The summed E-state index contributed by atoms with van der Waals surface area (Å²) in [5.74, 6) is -0.474. The molecule has 1 aliphatic rings. The van der Waals surface area contributed by atoms with E-state index in [4.69, 9.17) is 10.5 Å². The summed E-state index contributed by atoms with van der Waals surface area (Å²) in [6.07, 6.45) is 0.520. The van der Waals surface area contributed by atoms with Gasteiger partial charge >= 0.3 is 0 Å². The second kappa shape index (κ2) is 7.62. The minimum absolute atomic E-state index is 0. The van der Waals surface area contributed by atoms with Crippen molar-refractivity contribution in [3.8, 4) is 0 Å². The molecule has 2 amide bonds. The number of likely N-dealkylation sites (N-methyl/N-ethyl adjacent to an activating group) is 1. The van der Waals surface area contributed by atoms with Crippen LogP contribution < -0.4 is 11.1 Å². The zero-order valence-corrected chi connectivity index (χ0v) is 15.3. The van der Waals surface area contributed by atoms with E-state index in [1.165, 1.54) is 0 Å². The van der Waals surface area contributed by atoms with E-state index in [-0.39, 0.29) is 36.2 Å². The molecule has 7 heteroatoms. The molecule has 1 aliphatic carbocycles. The summed E-state index contributed by atoms with van der Waals surface area (Å²) in [7, 11) is 3.28. The number of halogens is 1. The van der Waals surface area contributed by atoms with Crippen LogP contribution >= 0.6 is 12.4 Å². The molecule has 0 bridgehead atoms. The van der Waals surface area contributed by atoms with Crippen LogP contribution in [0.4, 0.5) is 0 Å². The van der Waals surface area contributed by atoms with E-state index in [1.54, 1.807) is 25.9 Å². The van der Waals surface area contributed by atoms with E-state index < -0.39 is 11.0 Å². The number of carbonyl (C=O) groups excluding carboxylic acids is 2. The van der Waals surface area contributed by atoms with Crippen LogP contribution in [0, 0.1) is 11.3 Å². The van der Waals surface area contributed by atoms with E-state index in [2.05, 4.69) is 5.32 Å². The van der Waals surface area contributed by atoms with E-state index in [9.17, 15) is 9.59 Å². The van der Waals surface area contributed by atoms with Gasteiger partial charge in [-0.15, -0.1) is 12.4 Å². The molecule has 3 atom stereocenters. The summed E-state index contributed by atoms with van der Waals surface area (Å²) < 4.78 is 5.64. The van der Waals surface area contributed by atoms with Crippen molar-refractivity contribution in [1.82, 2.24) is 10.2 Å². The lowest BCUT2D eigenvalue weighted by molar-refractivity contribution is -0.178. The number of nitrogens with one attached hydrogen (secondary N) is 1. The van der Waals surface area contributed by atoms with Gasteiger partial charge in [-0.2, -0.15) is 0 Å². The van der Waals surface area contributed by atoms with Gasteiger partial charge < -0.3 is 20.7 Å². The lowest BCUT2D eigenvalue weighted by Crippen LogP contribution is -2.76. The SMILES string of the molecule is CCOC1CC(N)(C(=O)N(C)CC(C)C(=O)NC)C1(C)C.Cl. The van der Waals surface area contributed by atoms with E-state index in [1.807, 2.05) is 20.8 Å². The minimum Gasteiger partial charge on any atom is -0.378 e. The number of rotatable bonds is 6. The fourth-order valence-corrected chi connectivity index (χ4v) is 2.96. The van der Waals surface area contributed by atoms with E-state index in [0.29, 0.717) is 19.6 Å². The van der Waals surface area contributed by atoms with Gasteiger partial charge in [-0.05, 0) is 6.92 Å². The van der Waals surface area contributed by atoms with Gasteiger partial charge in [-0.1, -0.05) is 20.8 Å². The number of hydrogen-bond acceptors (Lipinski definition) is 4. The molecule has 3 unspecified atom stereocenters. The van der Waals surface area contributed by atoms with Crippen molar-refractivity contribution in [2.24, 2.45) is 17.1 Å². The molecule has 3 N–H and O–H groups in total. The third-order valence-corrected chi connectivity index (χ3v) is 4.80. The topological polar surface area (TPSA) is 84.7 Å². The molecule has 1 saturated carbocycles. The zero-order valence-electron chi connectivity index (χ0n) is 14.4. The molecule has 0 aromatic rings. The number of ether oxygens (including phenoxy) is 1. The first-order valence-corrected chi connectivity index (χ1v) is 7.49. The van der Waals surface area contributed by atoms with Crippen LogP contribution in [0.15, 0.2) is 0 Å². The smallest absolute Gasteiger partial charge is 0.243 e. The molecule has 0 heterocycles. The van der Waals surface area contributed by atoms with Gasteiger partial charge in [0.05, 0.1) is 12.0 Å². The molecule has 1 fully saturated rings. The van der Waals surface area contributed by atoms with Crippen molar-refractivity contribution < 1.29 is 14.3 Å². The molecular weight excluding hydrogens is 306 g/mol. The molecule has 0 radical (unpaired) electrons. The summed E-state index contributed by atoms with van der Waals surface area (Å²) in [4.78, 5) is 25.8. The zero-order chi connectivity index (χ0) is 16.4. The highest BCUT2D eigenvalue weighted by Crippen LogP contribution is 2.50. The number of nitrogens with two attached hydrogens (primary N) is 1. The van der Waals surface area contributed by atoms with Crippen molar-refractivity contribution in [3.05, 3.63) is 0 Å². The van der Waals surface area contributed by atoms with Gasteiger partial charge in [-0.25, -0.2) is 0 Å². The lowest BCUT2D eigenvalue weighted by atomic mass is 9.54. The lowest BCUT2D eigenvalue weighted by Gasteiger charge is -2.58. The summed E-state index contributed by atoms with van der Waals surface area (Å²) in [6, 6.07) is 0. The van der Waals surface area contributed by atoms with Gasteiger partial charge in [0.25, 0.3) is 0 Å². The maximum absolute atomic E-state index is 12.7.